The second-order valence-electron chi connectivity index (χ2n) is 5.46. The van der Waals surface area contributed by atoms with Crippen LogP contribution >= 0.6 is 0 Å². The van der Waals surface area contributed by atoms with Gasteiger partial charge >= 0.3 is 5.69 Å². The topological polar surface area (TPSA) is 98.2 Å². The SMILES string of the molecule is Cc1ccc([C@@H]2CCCN2c2ncc([N+](=O)[O-])c(N)n2)cc1. The third-order valence-corrected chi connectivity index (χ3v) is 3.95. The molecule has 1 atom stereocenters. The van der Waals surface area contributed by atoms with E-state index in [1.807, 2.05) is 0 Å². The summed E-state index contributed by atoms with van der Waals surface area (Å²) in [6, 6.07) is 8.55. The Morgan fingerprint density at radius 2 is 2.09 bits per heavy atom. The number of rotatable bonds is 3. The van der Waals surface area contributed by atoms with E-state index in [0.29, 0.717) is 5.95 Å². The molecule has 1 aromatic heterocycles. The summed E-state index contributed by atoms with van der Waals surface area (Å²) in [5.74, 6) is 0.357. The molecule has 2 aromatic rings. The zero-order chi connectivity index (χ0) is 15.7. The molecule has 1 aromatic carbocycles. The van der Waals surface area contributed by atoms with Gasteiger partial charge < -0.3 is 10.6 Å². The Bertz CT molecular complexity index is 702. The minimum Gasteiger partial charge on any atom is -0.378 e. The van der Waals surface area contributed by atoms with Crippen LogP contribution in [0, 0.1) is 17.0 Å². The third kappa shape index (κ3) is 2.57. The van der Waals surface area contributed by atoms with Crippen molar-refractivity contribution in [3.8, 4) is 0 Å². The van der Waals surface area contributed by atoms with Crippen LogP contribution in [0.5, 0.6) is 0 Å². The van der Waals surface area contributed by atoms with Gasteiger partial charge in [0.1, 0.15) is 6.20 Å². The van der Waals surface area contributed by atoms with Gasteiger partial charge in [0.05, 0.1) is 11.0 Å². The summed E-state index contributed by atoms with van der Waals surface area (Å²) in [6.45, 7) is 2.87. The fourth-order valence-corrected chi connectivity index (χ4v) is 2.80. The van der Waals surface area contributed by atoms with E-state index in [1.165, 1.54) is 17.3 Å². The number of nitrogens with zero attached hydrogens (tertiary/aromatic N) is 4. The van der Waals surface area contributed by atoms with Crippen LogP contribution in [-0.2, 0) is 0 Å². The fourth-order valence-electron chi connectivity index (χ4n) is 2.80. The Labute approximate surface area is 127 Å². The maximum atomic E-state index is 10.8. The summed E-state index contributed by atoms with van der Waals surface area (Å²) in [7, 11) is 0. The van der Waals surface area contributed by atoms with Crippen LogP contribution in [0.25, 0.3) is 0 Å². The Hall–Kier alpha value is -2.70. The lowest BCUT2D eigenvalue weighted by Crippen LogP contribution is -2.25. The Morgan fingerprint density at radius 1 is 1.36 bits per heavy atom. The number of hydrogen-bond donors (Lipinski definition) is 1. The average molecular weight is 299 g/mol. The minimum absolute atomic E-state index is 0.0930. The maximum absolute atomic E-state index is 10.8. The molecule has 2 heterocycles. The van der Waals surface area contributed by atoms with Crippen LogP contribution < -0.4 is 10.6 Å². The molecule has 1 aliphatic rings. The fraction of sp³-hybridized carbons (Fsp3) is 0.333. The summed E-state index contributed by atoms with van der Waals surface area (Å²) in [5.41, 5.74) is 7.83. The quantitative estimate of drug-likeness (QED) is 0.691. The van der Waals surface area contributed by atoms with Crippen LogP contribution in [0.2, 0.25) is 0 Å². The minimum atomic E-state index is -0.569. The molecule has 1 saturated heterocycles. The molecule has 0 radical (unpaired) electrons. The summed E-state index contributed by atoms with van der Waals surface area (Å²) in [5, 5.41) is 10.8. The number of nitrogens with two attached hydrogens (primary N) is 1. The average Bonchev–Trinajstić information content (AvgIpc) is 2.97. The van der Waals surface area contributed by atoms with E-state index < -0.39 is 4.92 Å². The highest BCUT2D eigenvalue weighted by atomic mass is 16.6. The lowest BCUT2D eigenvalue weighted by Gasteiger charge is -2.25. The molecule has 114 valence electrons. The first-order chi connectivity index (χ1) is 10.6. The van der Waals surface area contributed by atoms with Crippen molar-refractivity contribution in [3.05, 3.63) is 51.7 Å². The van der Waals surface area contributed by atoms with Gasteiger partial charge in [0, 0.05) is 6.54 Å². The molecule has 0 amide bonds. The largest absolute Gasteiger partial charge is 0.378 e. The van der Waals surface area contributed by atoms with E-state index >= 15 is 0 Å². The van der Waals surface area contributed by atoms with Gasteiger partial charge in [-0.3, -0.25) is 10.1 Å². The molecule has 3 rings (SSSR count). The lowest BCUT2D eigenvalue weighted by atomic mass is 10.0. The zero-order valence-corrected chi connectivity index (χ0v) is 12.3. The van der Waals surface area contributed by atoms with Gasteiger partial charge in [0.15, 0.2) is 0 Å². The van der Waals surface area contributed by atoms with Crippen LogP contribution in [-0.4, -0.2) is 21.4 Å². The highest BCUT2D eigenvalue weighted by Crippen LogP contribution is 2.35. The van der Waals surface area contributed by atoms with Crippen molar-refractivity contribution in [3.63, 3.8) is 0 Å². The van der Waals surface area contributed by atoms with Crippen molar-refractivity contribution in [2.24, 2.45) is 0 Å². The summed E-state index contributed by atoms with van der Waals surface area (Å²) < 4.78 is 0. The molecule has 1 aliphatic heterocycles. The molecular weight excluding hydrogens is 282 g/mol. The third-order valence-electron chi connectivity index (χ3n) is 3.95. The molecule has 0 bridgehead atoms. The molecular formula is C15H17N5O2. The monoisotopic (exact) mass is 299 g/mol. The second kappa shape index (κ2) is 5.59. The lowest BCUT2D eigenvalue weighted by molar-refractivity contribution is -0.384. The van der Waals surface area contributed by atoms with Gasteiger partial charge in [0.2, 0.25) is 11.8 Å². The number of aromatic nitrogens is 2. The number of nitro groups is 1. The molecule has 2 N–H and O–H groups in total. The van der Waals surface area contributed by atoms with Crippen LogP contribution in [0.15, 0.2) is 30.5 Å². The van der Waals surface area contributed by atoms with E-state index in [2.05, 4.69) is 46.1 Å². The van der Waals surface area contributed by atoms with Crippen molar-refractivity contribution in [2.75, 3.05) is 17.2 Å². The second-order valence-corrected chi connectivity index (χ2v) is 5.46. The highest BCUT2D eigenvalue weighted by Gasteiger charge is 2.29. The van der Waals surface area contributed by atoms with Crippen molar-refractivity contribution >= 4 is 17.5 Å². The molecule has 1 fully saturated rings. The van der Waals surface area contributed by atoms with Crippen molar-refractivity contribution < 1.29 is 4.92 Å². The summed E-state index contributed by atoms with van der Waals surface area (Å²) in [4.78, 5) is 20.5. The highest BCUT2D eigenvalue weighted by molar-refractivity contribution is 5.54. The number of benzene rings is 1. The first-order valence-electron chi connectivity index (χ1n) is 7.16. The predicted octanol–water partition coefficient (Wildman–Crippen LogP) is 2.62. The summed E-state index contributed by atoms with van der Waals surface area (Å²) in [6.07, 6.45) is 3.21. The van der Waals surface area contributed by atoms with Crippen molar-refractivity contribution in [2.45, 2.75) is 25.8 Å². The van der Waals surface area contributed by atoms with Crippen molar-refractivity contribution in [1.29, 1.82) is 0 Å². The number of nitrogen functional groups attached to an aromatic ring is 1. The van der Waals surface area contributed by atoms with Gasteiger partial charge in [-0.05, 0) is 25.3 Å². The molecule has 22 heavy (non-hydrogen) atoms. The number of aryl methyl sites for hydroxylation is 1. The molecule has 0 spiro atoms. The van der Waals surface area contributed by atoms with Crippen LogP contribution in [0.3, 0.4) is 0 Å². The maximum Gasteiger partial charge on any atom is 0.329 e. The standard InChI is InChI=1S/C15H17N5O2/c1-10-4-6-11(7-5-10)12-3-2-8-19(12)15-17-9-13(20(21)22)14(16)18-15/h4-7,9,12H,2-3,8H2,1H3,(H2,16,17,18)/t12-/m0/s1. The first-order valence-corrected chi connectivity index (χ1v) is 7.16. The van der Waals surface area contributed by atoms with Gasteiger partial charge in [-0.1, -0.05) is 29.8 Å². The molecule has 0 aliphatic carbocycles. The Balaban J connectivity index is 1.91. The van der Waals surface area contributed by atoms with Crippen LogP contribution in [0.4, 0.5) is 17.5 Å². The van der Waals surface area contributed by atoms with Crippen molar-refractivity contribution in [1.82, 2.24) is 9.97 Å². The summed E-state index contributed by atoms with van der Waals surface area (Å²) >= 11 is 0. The van der Waals surface area contributed by atoms with E-state index in [0.717, 1.165) is 19.4 Å². The number of hydrogen-bond acceptors (Lipinski definition) is 6. The molecule has 7 heteroatoms. The molecule has 7 nitrogen and oxygen atoms in total. The smallest absolute Gasteiger partial charge is 0.329 e. The van der Waals surface area contributed by atoms with E-state index in [-0.39, 0.29) is 17.5 Å². The first kappa shape index (κ1) is 14.2. The zero-order valence-electron chi connectivity index (χ0n) is 12.3. The normalized spacial score (nSPS) is 17.7. The molecule has 0 unspecified atom stereocenters. The molecule has 0 saturated carbocycles. The van der Waals surface area contributed by atoms with E-state index in [4.69, 9.17) is 5.73 Å². The Morgan fingerprint density at radius 3 is 2.73 bits per heavy atom. The van der Waals surface area contributed by atoms with Gasteiger partial charge in [-0.25, -0.2) is 4.98 Å². The van der Waals surface area contributed by atoms with Gasteiger partial charge in [-0.15, -0.1) is 0 Å². The van der Waals surface area contributed by atoms with Gasteiger partial charge in [0.25, 0.3) is 0 Å². The van der Waals surface area contributed by atoms with E-state index in [1.54, 1.807) is 0 Å². The van der Waals surface area contributed by atoms with Crippen LogP contribution in [0.1, 0.15) is 30.0 Å². The Kier molecular flexibility index (Phi) is 3.62. The van der Waals surface area contributed by atoms with E-state index in [9.17, 15) is 10.1 Å². The van der Waals surface area contributed by atoms with Gasteiger partial charge in [-0.2, -0.15) is 4.98 Å². The predicted molar refractivity (Wildman–Crippen MR) is 83.6 cm³/mol. The number of anilines is 2.